The van der Waals surface area contributed by atoms with E-state index in [9.17, 15) is 0 Å². The fourth-order valence-electron chi connectivity index (χ4n) is 2.67. The predicted octanol–water partition coefficient (Wildman–Crippen LogP) is 2.76. The Labute approximate surface area is 105 Å². The zero-order valence-electron chi connectivity index (χ0n) is 10.3. The van der Waals surface area contributed by atoms with Crippen molar-refractivity contribution in [3.8, 4) is 11.5 Å². The molecule has 1 aromatic heterocycles. The number of nitrogens with one attached hydrogen (secondary N) is 1. The van der Waals surface area contributed by atoms with Crippen molar-refractivity contribution < 1.29 is 13.9 Å². The van der Waals surface area contributed by atoms with Gasteiger partial charge in [-0.1, -0.05) is 0 Å². The number of fused-ring (bicyclic) bond motifs is 2. The number of hydrogen-bond acceptors (Lipinski definition) is 4. The molecule has 0 radical (unpaired) electrons. The first kappa shape index (κ1) is 10.3. The van der Waals surface area contributed by atoms with E-state index in [1.165, 1.54) is 23.8 Å². The molecule has 1 N–H and O–H groups in total. The standard InChI is InChI=1S/C14H15NO3/c1-15-6-13-14(8-2-3-8)9-4-11-12(17-7-16-11)5-10(9)18-13/h4-5,8,15H,2-3,6-7H2,1H3. The first-order valence-corrected chi connectivity index (χ1v) is 6.36. The second-order valence-corrected chi connectivity index (χ2v) is 4.95. The van der Waals surface area contributed by atoms with Gasteiger partial charge in [0.15, 0.2) is 11.5 Å². The monoisotopic (exact) mass is 245 g/mol. The summed E-state index contributed by atoms with van der Waals surface area (Å²) in [6.07, 6.45) is 2.53. The smallest absolute Gasteiger partial charge is 0.231 e. The van der Waals surface area contributed by atoms with E-state index >= 15 is 0 Å². The van der Waals surface area contributed by atoms with Gasteiger partial charge in [-0.05, 0) is 31.9 Å². The van der Waals surface area contributed by atoms with Crippen LogP contribution in [0.25, 0.3) is 11.0 Å². The van der Waals surface area contributed by atoms with Crippen LogP contribution in [0.4, 0.5) is 0 Å². The van der Waals surface area contributed by atoms with E-state index in [1.807, 2.05) is 13.1 Å². The largest absolute Gasteiger partial charge is 0.459 e. The lowest BCUT2D eigenvalue weighted by atomic mass is 10.1. The number of rotatable bonds is 3. The van der Waals surface area contributed by atoms with Crippen LogP contribution in [-0.4, -0.2) is 13.8 Å². The van der Waals surface area contributed by atoms with Crippen LogP contribution in [-0.2, 0) is 6.54 Å². The number of benzene rings is 1. The lowest BCUT2D eigenvalue weighted by Crippen LogP contribution is -2.05. The van der Waals surface area contributed by atoms with Gasteiger partial charge in [0, 0.05) is 17.0 Å². The molecule has 4 nitrogen and oxygen atoms in total. The molecule has 0 bridgehead atoms. The van der Waals surface area contributed by atoms with Crippen molar-refractivity contribution in [2.24, 2.45) is 0 Å². The third-order valence-corrected chi connectivity index (χ3v) is 3.62. The maximum atomic E-state index is 5.97. The van der Waals surface area contributed by atoms with Crippen LogP contribution in [0.5, 0.6) is 11.5 Å². The van der Waals surface area contributed by atoms with Gasteiger partial charge in [0.25, 0.3) is 0 Å². The second kappa shape index (κ2) is 3.65. The molecule has 18 heavy (non-hydrogen) atoms. The van der Waals surface area contributed by atoms with Gasteiger partial charge >= 0.3 is 0 Å². The Morgan fingerprint density at radius 2 is 2.00 bits per heavy atom. The lowest BCUT2D eigenvalue weighted by molar-refractivity contribution is 0.174. The molecule has 2 aliphatic rings. The first-order valence-electron chi connectivity index (χ1n) is 6.36. The summed E-state index contributed by atoms with van der Waals surface area (Å²) in [6.45, 7) is 1.08. The molecule has 1 aliphatic heterocycles. The molecule has 2 aromatic rings. The van der Waals surface area contributed by atoms with E-state index < -0.39 is 0 Å². The highest BCUT2D eigenvalue weighted by Gasteiger charge is 2.31. The summed E-state index contributed by atoms with van der Waals surface area (Å²) in [7, 11) is 1.94. The van der Waals surface area contributed by atoms with Gasteiger partial charge in [-0.2, -0.15) is 0 Å². The Morgan fingerprint density at radius 3 is 2.72 bits per heavy atom. The zero-order chi connectivity index (χ0) is 12.1. The Kier molecular flexibility index (Phi) is 2.08. The molecular formula is C14H15NO3. The minimum absolute atomic E-state index is 0.310. The molecule has 0 atom stereocenters. The highest BCUT2D eigenvalue weighted by atomic mass is 16.7. The van der Waals surface area contributed by atoms with Crippen LogP contribution in [0.1, 0.15) is 30.1 Å². The molecule has 0 unspecified atom stereocenters. The molecule has 4 heteroatoms. The van der Waals surface area contributed by atoms with Gasteiger partial charge in [0.1, 0.15) is 11.3 Å². The van der Waals surface area contributed by atoms with Crippen LogP contribution < -0.4 is 14.8 Å². The van der Waals surface area contributed by atoms with E-state index in [-0.39, 0.29) is 0 Å². The summed E-state index contributed by atoms with van der Waals surface area (Å²) in [6, 6.07) is 4.01. The summed E-state index contributed by atoms with van der Waals surface area (Å²) in [5.74, 6) is 3.34. The molecule has 1 fully saturated rings. The van der Waals surface area contributed by atoms with Gasteiger partial charge in [-0.25, -0.2) is 0 Å². The highest BCUT2D eigenvalue weighted by Crippen LogP contribution is 2.48. The SMILES string of the molecule is CNCc1oc2cc3c(cc2c1C1CC1)OCO3. The van der Waals surface area contributed by atoms with Crippen molar-refractivity contribution in [2.75, 3.05) is 13.8 Å². The Balaban J connectivity index is 1.94. The first-order chi connectivity index (χ1) is 8.86. The third-order valence-electron chi connectivity index (χ3n) is 3.62. The molecule has 2 heterocycles. The molecule has 94 valence electrons. The van der Waals surface area contributed by atoms with Crippen molar-refractivity contribution in [1.29, 1.82) is 0 Å². The summed E-state index contributed by atoms with van der Waals surface area (Å²) in [5, 5.41) is 4.36. The van der Waals surface area contributed by atoms with Crippen LogP contribution >= 0.6 is 0 Å². The topological polar surface area (TPSA) is 43.6 Å². The van der Waals surface area contributed by atoms with Gasteiger partial charge in [-0.3, -0.25) is 0 Å². The molecule has 0 amide bonds. The predicted molar refractivity (Wildman–Crippen MR) is 67.1 cm³/mol. The fourth-order valence-corrected chi connectivity index (χ4v) is 2.67. The van der Waals surface area contributed by atoms with Crippen LogP contribution in [0, 0.1) is 0 Å². The van der Waals surface area contributed by atoms with Crippen molar-refractivity contribution >= 4 is 11.0 Å². The molecule has 1 saturated carbocycles. The van der Waals surface area contributed by atoms with Crippen molar-refractivity contribution in [3.63, 3.8) is 0 Å². The molecule has 0 spiro atoms. The maximum Gasteiger partial charge on any atom is 0.231 e. The minimum Gasteiger partial charge on any atom is -0.459 e. The van der Waals surface area contributed by atoms with Gasteiger partial charge in [0.05, 0.1) is 6.54 Å². The van der Waals surface area contributed by atoms with E-state index in [2.05, 4.69) is 11.4 Å². The average molecular weight is 245 g/mol. The zero-order valence-corrected chi connectivity index (χ0v) is 10.3. The molecule has 1 aromatic carbocycles. The van der Waals surface area contributed by atoms with E-state index in [1.54, 1.807) is 0 Å². The van der Waals surface area contributed by atoms with Crippen LogP contribution in [0.3, 0.4) is 0 Å². The Bertz CT molecular complexity index is 613. The van der Waals surface area contributed by atoms with Gasteiger partial charge in [-0.15, -0.1) is 0 Å². The Hall–Kier alpha value is -1.68. The minimum atomic E-state index is 0.310. The van der Waals surface area contributed by atoms with E-state index in [0.717, 1.165) is 29.4 Å². The summed E-state index contributed by atoms with van der Waals surface area (Å²) >= 11 is 0. The summed E-state index contributed by atoms with van der Waals surface area (Å²) < 4.78 is 16.8. The quantitative estimate of drug-likeness (QED) is 0.903. The molecular weight excluding hydrogens is 230 g/mol. The maximum absolute atomic E-state index is 5.97. The molecule has 4 rings (SSSR count). The summed E-state index contributed by atoms with van der Waals surface area (Å²) in [4.78, 5) is 0. The normalized spacial score (nSPS) is 17.6. The van der Waals surface area contributed by atoms with E-state index in [0.29, 0.717) is 12.7 Å². The highest BCUT2D eigenvalue weighted by molar-refractivity contribution is 5.87. The Morgan fingerprint density at radius 1 is 1.22 bits per heavy atom. The third kappa shape index (κ3) is 1.42. The van der Waals surface area contributed by atoms with Crippen molar-refractivity contribution in [1.82, 2.24) is 5.32 Å². The van der Waals surface area contributed by atoms with Crippen LogP contribution in [0.2, 0.25) is 0 Å². The lowest BCUT2D eigenvalue weighted by Gasteiger charge is -2.00. The number of hydrogen-bond donors (Lipinski definition) is 1. The number of furan rings is 1. The summed E-state index contributed by atoms with van der Waals surface area (Å²) in [5.41, 5.74) is 2.27. The van der Waals surface area contributed by atoms with Crippen LogP contribution in [0.15, 0.2) is 16.5 Å². The fraction of sp³-hybridized carbons (Fsp3) is 0.429. The van der Waals surface area contributed by atoms with E-state index in [4.69, 9.17) is 13.9 Å². The molecule has 0 saturated heterocycles. The average Bonchev–Trinajstić information content (AvgIpc) is 2.99. The molecule has 1 aliphatic carbocycles. The van der Waals surface area contributed by atoms with Gasteiger partial charge in [0.2, 0.25) is 6.79 Å². The number of ether oxygens (including phenoxy) is 2. The van der Waals surface area contributed by atoms with Gasteiger partial charge < -0.3 is 19.2 Å². The second-order valence-electron chi connectivity index (χ2n) is 4.95. The van der Waals surface area contributed by atoms with Crippen molar-refractivity contribution in [2.45, 2.75) is 25.3 Å². The van der Waals surface area contributed by atoms with Crippen molar-refractivity contribution in [3.05, 3.63) is 23.5 Å².